The molecule has 8 heteroatoms. The van der Waals surface area contributed by atoms with Gasteiger partial charge in [-0.1, -0.05) is 38.1 Å². The van der Waals surface area contributed by atoms with Crippen LogP contribution in [0.4, 0.5) is 4.79 Å². The number of hydrogen-bond acceptors (Lipinski definition) is 7. The van der Waals surface area contributed by atoms with Crippen LogP contribution >= 0.6 is 0 Å². The zero-order valence-electron chi connectivity index (χ0n) is 19.6. The Labute approximate surface area is 198 Å². The summed E-state index contributed by atoms with van der Waals surface area (Å²) in [6.45, 7) is 6.89. The summed E-state index contributed by atoms with van der Waals surface area (Å²) in [5.74, 6) is 1.64. The fraction of sp³-hybridized carbons (Fsp3) is 0.346. The lowest BCUT2D eigenvalue weighted by atomic mass is 10.1. The van der Waals surface area contributed by atoms with Crippen LogP contribution in [0, 0.1) is 6.92 Å². The standard InChI is InChI=1S/C26H28N2O6/c1-4-13-28-23(25(29)34-26(28)30)19-11-12-21(22(15-19)31-14-5-2)32-16-20-17(3)33-24(27-20)18-9-7-6-8-10-18/h6-12,15,23H,4-5,13-14,16H2,1-3H3. The third kappa shape index (κ3) is 4.90. The van der Waals surface area contributed by atoms with Gasteiger partial charge in [-0.25, -0.2) is 14.6 Å². The van der Waals surface area contributed by atoms with E-state index < -0.39 is 18.1 Å². The van der Waals surface area contributed by atoms with Gasteiger partial charge < -0.3 is 18.6 Å². The molecule has 0 radical (unpaired) electrons. The van der Waals surface area contributed by atoms with Crippen LogP contribution in [0.5, 0.6) is 11.5 Å². The summed E-state index contributed by atoms with van der Waals surface area (Å²) in [6.07, 6.45) is 0.892. The van der Waals surface area contributed by atoms with E-state index in [9.17, 15) is 9.59 Å². The van der Waals surface area contributed by atoms with Crippen molar-refractivity contribution in [2.45, 2.75) is 46.3 Å². The normalized spacial score (nSPS) is 15.5. The Morgan fingerprint density at radius 3 is 2.53 bits per heavy atom. The number of rotatable bonds is 10. The number of nitrogens with zero attached hydrogens (tertiary/aromatic N) is 2. The van der Waals surface area contributed by atoms with Crippen LogP contribution in [0.3, 0.4) is 0 Å². The second kappa shape index (κ2) is 10.4. The van der Waals surface area contributed by atoms with E-state index >= 15 is 0 Å². The second-order valence-electron chi connectivity index (χ2n) is 8.01. The first kappa shape index (κ1) is 23.4. The minimum atomic E-state index is -0.795. The molecule has 8 nitrogen and oxygen atoms in total. The maximum absolute atomic E-state index is 12.4. The van der Waals surface area contributed by atoms with Crippen molar-refractivity contribution in [2.75, 3.05) is 13.2 Å². The Bertz CT molecular complexity index is 1160. The summed E-state index contributed by atoms with van der Waals surface area (Å²) in [5, 5.41) is 0. The Kier molecular flexibility index (Phi) is 7.15. The highest BCUT2D eigenvalue weighted by atomic mass is 16.6. The fourth-order valence-electron chi connectivity index (χ4n) is 3.76. The molecule has 1 fully saturated rings. The molecule has 2 heterocycles. The second-order valence-corrected chi connectivity index (χ2v) is 8.01. The van der Waals surface area contributed by atoms with Crippen LogP contribution in [-0.4, -0.2) is 35.1 Å². The maximum atomic E-state index is 12.4. The van der Waals surface area contributed by atoms with E-state index in [0.29, 0.717) is 54.0 Å². The lowest BCUT2D eigenvalue weighted by molar-refractivity contribution is -0.136. The predicted octanol–water partition coefficient (Wildman–Crippen LogP) is 5.45. The predicted molar refractivity (Wildman–Crippen MR) is 124 cm³/mol. The first-order valence-corrected chi connectivity index (χ1v) is 11.4. The molecule has 2 aromatic carbocycles. The molecule has 1 aliphatic heterocycles. The number of ether oxygens (including phenoxy) is 3. The van der Waals surface area contributed by atoms with E-state index in [4.69, 9.17) is 18.6 Å². The van der Waals surface area contributed by atoms with Crippen molar-refractivity contribution in [3.63, 3.8) is 0 Å². The molecule has 1 saturated heterocycles. The van der Waals surface area contributed by atoms with E-state index in [-0.39, 0.29) is 6.61 Å². The van der Waals surface area contributed by atoms with Crippen molar-refractivity contribution < 1.29 is 28.2 Å². The summed E-state index contributed by atoms with van der Waals surface area (Å²) < 4.78 is 22.6. The summed E-state index contributed by atoms with van der Waals surface area (Å²) in [4.78, 5) is 30.5. The van der Waals surface area contributed by atoms with Crippen molar-refractivity contribution in [1.29, 1.82) is 0 Å². The molecule has 0 spiro atoms. The van der Waals surface area contributed by atoms with Gasteiger partial charge in [0, 0.05) is 12.1 Å². The first-order valence-electron chi connectivity index (χ1n) is 11.4. The van der Waals surface area contributed by atoms with E-state index in [0.717, 1.165) is 12.0 Å². The van der Waals surface area contributed by atoms with Crippen LogP contribution in [-0.2, 0) is 16.1 Å². The molecule has 1 atom stereocenters. The van der Waals surface area contributed by atoms with Gasteiger partial charge in [-0.15, -0.1) is 0 Å². The van der Waals surface area contributed by atoms with Crippen LogP contribution in [0.1, 0.15) is 49.7 Å². The quantitative estimate of drug-likeness (QED) is 0.291. The summed E-state index contributed by atoms with van der Waals surface area (Å²) in [7, 11) is 0. The molecule has 1 amide bonds. The van der Waals surface area contributed by atoms with E-state index in [2.05, 4.69) is 4.98 Å². The molecule has 34 heavy (non-hydrogen) atoms. The monoisotopic (exact) mass is 464 g/mol. The third-order valence-electron chi connectivity index (χ3n) is 5.44. The minimum absolute atomic E-state index is 0.190. The average molecular weight is 465 g/mol. The topological polar surface area (TPSA) is 91.1 Å². The molecule has 178 valence electrons. The molecule has 1 aliphatic rings. The van der Waals surface area contributed by atoms with Crippen molar-refractivity contribution in [3.8, 4) is 23.0 Å². The molecular formula is C26H28N2O6. The number of aromatic nitrogens is 1. The van der Waals surface area contributed by atoms with Gasteiger partial charge in [0.1, 0.15) is 18.1 Å². The molecule has 0 saturated carbocycles. The third-order valence-corrected chi connectivity index (χ3v) is 5.44. The molecule has 0 aliphatic carbocycles. The van der Waals surface area contributed by atoms with Gasteiger partial charge in [0.2, 0.25) is 5.89 Å². The van der Waals surface area contributed by atoms with Gasteiger partial charge in [0.05, 0.1) is 6.61 Å². The Morgan fingerprint density at radius 1 is 1.00 bits per heavy atom. The number of carbonyl (C=O) groups is 2. The van der Waals surface area contributed by atoms with Crippen LogP contribution in [0.25, 0.3) is 11.5 Å². The van der Waals surface area contributed by atoms with Gasteiger partial charge >= 0.3 is 12.1 Å². The van der Waals surface area contributed by atoms with Crippen molar-refractivity contribution in [3.05, 3.63) is 65.5 Å². The lowest BCUT2D eigenvalue weighted by Crippen LogP contribution is -2.29. The fourth-order valence-corrected chi connectivity index (χ4v) is 3.76. The molecule has 0 N–H and O–H groups in total. The minimum Gasteiger partial charge on any atom is -0.490 e. The number of cyclic esters (lactones) is 2. The van der Waals surface area contributed by atoms with Gasteiger partial charge in [0.15, 0.2) is 17.5 Å². The Morgan fingerprint density at radius 2 is 1.79 bits per heavy atom. The zero-order chi connectivity index (χ0) is 24.1. The largest absolute Gasteiger partial charge is 0.490 e. The van der Waals surface area contributed by atoms with Gasteiger partial charge in [-0.2, -0.15) is 0 Å². The zero-order valence-corrected chi connectivity index (χ0v) is 19.6. The summed E-state index contributed by atoms with van der Waals surface area (Å²) in [6, 6.07) is 14.1. The highest BCUT2D eigenvalue weighted by Gasteiger charge is 2.42. The number of aryl methyl sites for hydroxylation is 1. The summed E-state index contributed by atoms with van der Waals surface area (Å²) in [5.41, 5.74) is 2.19. The lowest BCUT2D eigenvalue weighted by Gasteiger charge is -2.21. The van der Waals surface area contributed by atoms with E-state index in [1.807, 2.05) is 51.1 Å². The number of oxazole rings is 1. The van der Waals surface area contributed by atoms with Gasteiger partial charge in [-0.05, 0) is 49.6 Å². The van der Waals surface area contributed by atoms with Crippen molar-refractivity contribution in [2.24, 2.45) is 0 Å². The van der Waals surface area contributed by atoms with Crippen LogP contribution in [0.2, 0.25) is 0 Å². The number of carbonyl (C=O) groups excluding carboxylic acids is 2. The van der Waals surface area contributed by atoms with Crippen molar-refractivity contribution in [1.82, 2.24) is 9.88 Å². The van der Waals surface area contributed by atoms with Crippen molar-refractivity contribution >= 4 is 12.1 Å². The molecule has 0 bridgehead atoms. The Balaban J connectivity index is 1.56. The number of hydrogen-bond donors (Lipinski definition) is 0. The average Bonchev–Trinajstić information content (AvgIpc) is 3.35. The summed E-state index contributed by atoms with van der Waals surface area (Å²) >= 11 is 0. The number of esters is 1. The van der Waals surface area contributed by atoms with E-state index in [1.54, 1.807) is 18.2 Å². The highest BCUT2D eigenvalue weighted by Crippen LogP contribution is 2.36. The molecule has 1 aromatic heterocycles. The SMILES string of the molecule is CCCOc1cc(C2C(=O)OC(=O)N2CCC)ccc1OCc1nc(-c2ccccc2)oc1C. The molecular weight excluding hydrogens is 436 g/mol. The smallest absolute Gasteiger partial charge is 0.418 e. The molecule has 3 aromatic rings. The molecule has 1 unspecified atom stereocenters. The maximum Gasteiger partial charge on any atom is 0.418 e. The highest BCUT2D eigenvalue weighted by molar-refractivity contribution is 5.96. The van der Waals surface area contributed by atoms with Gasteiger partial charge in [0.25, 0.3) is 0 Å². The molecule has 4 rings (SSSR count). The van der Waals surface area contributed by atoms with Gasteiger partial charge in [-0.3, -0.25) is 4.90 Å². The number of amides is 1. The van der Waals surface area contributed by atoms with Crippen LogP contribution < -0.4 is 9.47 Å². The number of benzene rings is 2. The Hall–Kier alpha value is -3.81. The first-order chi connectivity index (χ1) is 16.5. The van der Waals surface area contributed by atoms with Crippen LogP contribution in [0.15, 0.2) is 52.9 Å². The van der Waals surface area contributed by atoms with E-state index in [1.165, 1.54) is 4.90 Å².